The third-order valence-electron chi connectivity index (χ3n) is 4.52. The minimum atomic E-state index is -4.51. The zero-order valence-electron chi connectivity index (χ0n) is 13.7. The number of benzene rings is 2. The summed E-state index contributed by atoms with van der Waals surface area (Å²) in [5, 5.41) is 2.35. The molecule has 3 nitrogen and oxygen atoms in total. The summed E-state index contributed by atoms with van der Waals surface area (Å²) in [6.45, 7) is 5.15. The number of carbonyl (C=O) groups is 1. The van der Waals surface area contributed by atoms with Crippen LogP contribution >= 0.6 is 0 Å². The van der Waals surface area contributed by atoms with E-state index in [-0.39, 0.29) is 12.1 Å². The van der Waals surface area contributed by atoms with E-state index in [1.165, 1.54) is 6.07 Å². The number of alkyl halides is 3. The smallest absolute Gasteiger partial charge is 0.287 e. The number of nitrogens with zero attached hydrogens (tertiary/aromatic N) is 1. The molecule has 2 aromatic carbocycles. The average Bonchev–Trinajstić information content (AvgIpc) is 2.72. The molecular formula is C18H19F3N2O. The molecule has 1 N–H and O–H groups in total. The Morgan fingerprint density at radius 1 is 1.12 bits per heavy atom. The minimum absolute atomic E-state index is 0.00177. The Morgan fingerprint density at radius 2 is 1.75 bits per heavy atom. The molecule has 1 amide bonds. The van der Waals surface area contributed by atoms with Crippen molar-refractivity contribution < 1.29 is 18.0 Å². The van der Waals surface area contributed by atoms with Crippen molar-refractivity contribution >= 4 is 16.7 Å². The number of amides is 1. The maximum absolute atomic E-state index is 13.9. The van der Waals surface area contributed by atoms with Crippen LogP contribution in [0.1, 0.15) is 31.0 Å². The maximum atomic E-state index is 13.9. The zero-order valence-corrected chi connectivity index (χ0v) is 13.7. The number of hydrazine groups is 1. The molecule has 0 unspecified atom stereocenters. The van der Waals surface area contributed by atoms with Gasteiger partial charge in [-0.2, -0.15) is 13.2 Å². The van der Waals surface area contributed by atoms with E-state index in [9.17, 15) is 18.0 Å². The van der Waals surface area contributed by atoms with Crippen molar-refractivity contribution in [1.82, 2.24) is 10.4 Å². The van der Waals surface area contributed by atoms with Crippen LogP contribution in [0.25, 0.3) is 10.8 Å². The summed E-state index contributed by atoms with van der Waals surface area (Å²) in [6.07, 6.45) is -4.51. The van der Waals surface area contributed by atoms with Crippen molar-refractivity contribution in [2.75, 3.05) is 6.54 Å². The van der Waals surface area contributed by atoms with Gasteiger partial charge in [0.2, 0.25) is 5.91 Å². The molecule has 1 saturated heterocycles. The van der Waals surface area contributed by atoms with Gasteiger partial charge in [0.1, 0.15) is 0 Å². The molecule has 1 atom stereocenters. The second kappa shape index (κ2) is 5.48. The van der Waals surface area contributed by atoms with E-state index < -0.39 is 23.5 Å². The first-order valence-electron chi connectivity index (χ1n) is 7.74. The zero-order chi connectivity index (χ0) is 17.7. The van der Waals surface area contributed by atoms with E-state index in [0.29, 0.717) is 5.39 Å². The number of aryl methyl sites for hydroxylation is 1. The SMILES string of the molecule is Cc1cccc2c([C@H](N3CC(C)(C)C(=O)N3)C(F)(F)F)cccc12. The second-order valence-corrected chi connectivity index (χ2v) is 6.91. The first kappa shape index (κ1) is 16.8. The molecule has 1 heterocycles. The van der Waals surface area contributed by atoms with Crippen molar-refractivity contribution in [2.45, 2.75) is 33.0 Å². The number of fused-ring (bicyclic) bond motifs is 1. The number of nitrogens with one attached hydrogen (secondary N) is 1. The molecule has 6 heteroatoms. The topological polar surface area (TPSA) is 32.3 Å². The number of halogens is 3. The van der Waals surface area contributed by atoms with E-state index >= 15 is 0 Å². The van der Waals surface area contributed by atoms with Crippen molar-refractivity contribution in [3.8, 4) is 0 Å². The van der Waals surface area contributed by atoms with Gasteiger partial charge >= 0.3 is 6.18 Å². The summed E-state index contributed by atoms with van der Waals surface area (Å²) in [4.78, 5) is 12.0. The normalized spacial score (nSPS) is 19.5. The van der Waals surface area contributed by atoms with Gasteiger partial charge in [-0.05, 0) is 42.7 Å². The fourth-order valence-electron chi connectivity index (χ4n) is 3.23. The fraction of sp³-hybridized carbons (Fsp3) is 0.389. The van der Waals surface area contributed by atoms with E-state index in [1.807, 2.05) is 19.1 Å². The number of rotatable bonds is 2. The first-order chi connectivity index (χ1) is 11.1. The van der Waals surface area contributed by atoms with Crippen LogP contribution < -0.4 is 5.43 Å². The van der Waals surface area contributed by atoms with Gasteiger partial charge in [0.25, 0.3) is 0 Å². The molecule has 1 fully saturated rings. The molecule has 1 aliphatic rings. The van der Waals surface area contributed by atoms with E-state index in [0.717, 1.165) is 16.0 Å². The first-order valence-corrected chi connectivity index (χ1v) is 7.74. The third-order valence-corrected chi connectivity index (χ3v) is 4.52. The summed E-state index contributed by atoms with van der Waals surface area (Å²) in [6, 6.07) is 8.36. The van der Waals surface area contributed by atoms with E-state index in [2.05, 4.69) is 5.43 Å². The van der Waals surface area contributed by atoms with Crippen molar-refractivity contribution in [2.24, 2.45) is 5.41 Å². The summed E-state index contributed by atoms with van der Waals surface area (Å²) >= 11 is 0. The van der Waals surface area contributed by atoms with E-state index in [1.54, 1.807) is 32.0 Å². The highest BCUT2D eigenvalue weighted by atomic mass is 19.4. The summed E-state index contributed by atoms with van der Waals surface area (Å²) in [5.74, 6) is -0.395. The second-order valence-electron chi connectivity index (χ2n) is 6.91. The maximum Gasteiger partial charge on any atom is 0.409 e. The van der Waals surface area contributed by atoms with Crippen molar-refractivity contribution in [3.05, 3.63) is 47.5 Å². The molecule has 2 aromatic rings. The van der Waals surface area contributed by atoms with Crippen molar-refractivity contribution in [3.63, 3.8) is 0 Å². The summed E-state index contributed by atoms with van der Waals surface area (Å²) in [5.41, 5.74) is 2.62. The predicted octanol–water partition coefficient (Wildman–Crippen LogP) is 4.12. The van der Waals surface area contributed by atoms with E-state index in [4.69, 9.17) is 0 Å². The Kier molecular flexibility index (Phi) is 3.83. The molecule has 3 rings (SSSR count). The molecule has 0 bridgehead atoms. The Balaban J connectivity index is 2.16. The number of hydrogen-bond acceptors (Lipinski definition) is 2. The fourth-order valence-corrected chi connectivity index (χ4v) is 3.23. The van der Waals surface area contributed by atoms with Gasteiger partial charge in [-0.15, -0.1) is 0 Å². The summed E-state index contributed by atoms with van der Waals surface area (Å²) in [7, 11) is 0. The third kappa shape index (κ3) is 2.75. The van der Waals surface area contributed by atoms with Crippen LogP contribution in [0.4, 0.5) is 13.2 Å². The van der Waals surface area contributed by atoms with Crippen LogP contribution in [0.2, 0.25) is 0 Å². The molecular weight excluding hydrogens is 317 g/mol. The standard InChI is InChI=1S/C18H19F3N2O/c1-11-6-4-8-13-12(11)7-5-9-14(13)15(18(19,20)21)23-10-17(2,3)16(24)22-23/h4-9,15H,10H2,1-3H3,(H,22,24)/t15-/m0/s1. The lowest BCUT2D eigenvalue weighted by Crippen LogP contribution is -2.43. The lowest BCUT2D eigenvalue weighted by Gasteiger charge is -2.30. The molecule has 24 heavy (non-hydrogen) atoms. The molecule has 0 aromatic heterocycles. The highest BCUT2D eigenvalue weighted by molar-refractivity contribution is 5.89. The largest absolute Gasteiger partial charge is 0.409 e. The van der Waals surface area contributed by atoms with Gasteiger partial charge in [0.15, 0.2) is 6.04 Å². The van der Waals surface area contributed by atoms with Gasteiger partial charge in [-0.3, -0.25) is 10.2 Å². The van der Waals surface area contributed by atoms with Gasteiger partial charge in [-0.25, -0.2) is 5.01 Å². The molecule has 128 valence electrons. The van der Waals surface area contributed by atoms with Crippen LogP contribution in [0.15, 0.2) is 36.4 Å². The molecule has 0 aliphatic carbocycles. The molecule has 0 radical (unpaired) electrons. The predicted molar refractivity (Wildman–Crippen MR) is 86.1 cm³/mol. The Labute approximate surface area is 138 Å². The van der Waals surface area contributed by atoms with Gasteiger partial charge in [0.05, 0.1) is 5.41 Å². The van der Waals surface area contributed by atoms with Crippen LogP contribution in [0.3, 0.4) is 0 Å². The monoisotopic (exact) mass is 336 g/mol. The lowest BCUT2D eigenvalue weighted by molar-refractivity contribution is -0.191. The number of carbonyl (C=O) groups excluding carboxylic acids is 1. The molecule has 0 spiro atoms. The minimum Gasteiger partial charge on any atom is -0.287 e. The quantitative estimate of drug-likeness (QED) is 0.894. The Morgan fingerprint density at radius 3 is 2.33 bits per heavy atom. The summed E-state index contributed by atoms with van der Waals surface area (Å²) < 4.78 is 41.6. The van der Waals surface area contributed by atoms with Crippen LogP contribution in [0, 0.1) is 12.3 Å². The molecule has 1 aliphatic heterocycles. The average molecular weight is 336 g/mol. The van der Waals surface area contributed by atoms with Gasteiger partial charge < -0.3 is 0 Å². The highest BCUT2D eigenvalue weighted by Crippen LogP contribution is 2.42. The highest BCUT2D eigenvalue weighted by Gasteiger charge is 2.51. The van der Waals surface area contributed by atoms with Gasteiger partial charge in [0, 0.05) is 6.54 Å². The van der Waals surface area contributed by atoms with Gasteiger partial charge in [-0.1, -0.05) is 36.4 Å². The van der Waals surface area contributed by atoms with Crippen LogP contribution in [-0.2, 0) is 4.79 Å². The van der Waals surface area contributed by atoms with Crippen LogP contribution in [-0.4, -0.2) is 23.6 Å². The lowest BCUT2D eigenvalue weighted by atomic mass is 9.92. The molecule has 0 saturated carbocycles. The number of hydrogen-bond donors (Lipinski definition) is 1. The van der Waals surface area contributed by atoms with Crippen molar-refractivity contribution in [1.29, 1.82) is 0 Å². The van der Waals surface area contributed by atoms with Crippen LogP contribution in [0.5, 0.6) is 0 Å². The Bertz CT molecular complexity index is 798. The Hall–Kier alpha value is -2.08.